The van der Waals surface area contributed by atoms with Gasteiger partial charge in [0, 0.05) is 0 Å². The number of aliphatic carboxylic acids is 1. The Morgan fingerprint density at radius 1 is 1.44 bits per heavy atom. The second kappa shape index (κ2) is 4.63. The molecule has 0 radical (unpaired) electrons. The Morgan fingerprint density at radius 3 is 2.38 bits per heavy atom. The fourth-order valence-electron chi connectivity index (χ4n) is 0.815. The highest BCUT2D eigenvalue weighted by Crippen LogP contribution is 2.54. The van der Waals surface area contributed by atoms with Crippen molar-refractivity contribution < 1.29 is 19.0 Å². The summed E-state index contributed by atoms with van der Waals surface area (Å²) in [5.41, 5.74) is -1.12. The van der Waals surface area contributed by atoms with Crippen LogP contribution in [-0.2, 0) is 4.79 Å². The van der Waals surface area contributed by atoms with E-state index in [9.17, 15) is 13.9 Å². The van der Waals surface area contributed by atoms with E-state index in [1.165, 1.54) is 0 Å². The van der Waals surface area contributed by atoms with Crippen molar-refractivity contribution in [2.75, 3.05) is 0 Å². The lowest BCUT2D eigenvalue weighted by molar-refractivity contribution is -0.129. The van der Waals surface area contributed by atoms with Gasteiger partial charge in [-0.1, -0.05) is 0 Å². The van der Waals surface area contributed by atoms with Crippen LogP contribution in [0, 0.1) is 10.8 Å². The zero-order valence-electron chi connectivity index (χ0n) is 7.60. The highest BCUT2D eigenvalue weighted by molar-refractivity contribution is 9.10. The summed E-state index contributed by atoms with van der Waals surface area (Å²) in [6.07, 6.45) is 0. The Hall–Kier alpha value is -0.740. The van der Waals surface area contributed by atoms with Gasteiger partial charge in [-0.3, -0.25) is 19.9 Å². The smallest absolute Gasteiger partial charge is 0.357 e. The van der Waals surface area contributed by atoms with Crippen molar-refractivity contribution in [2.24, 2.45) is 0 Å². The summed E-state index contributed by atoms with van der Waals surface area (Å²) in [6, 6.07) is 1.55. The number of nitrogens with one attached hydrogen (secondary N) is 2. The third kappa shape index (κ3) is 2.33. The average molecular weight is 327 g/mol. The molecule has 16 heavy (non-hydrogen) atoms. The SMILES string of the molecule is N=C(C(=N)S(O)(O)c1sccc1Br)C(=O)O. The van der Waals surface area contributed by atoms with Gasteiger partial charge in [0.25, 0.3) is 0 Å². The lowest BCUT2D eigenvalue weighted by Crippen LogP contribution is -2.26. The first-order chi connectivity index (χ1) is 7.28. The Bertz CT molecular complexity index is 471. The molecule has 0 aromatic carbocycles. The minimum Gasteiger partial charge on any atom is -0.476 e. The van der Waals surface area contributed by atoms with E-state index in [0.29, 0.717) is 4.47 Å². The topological polar surface area (TPSA) is 125 Å². The van der Waals surface area contributed by atoms with Crippen LogP contribution in [0.2, 0.25) is 0 Å². The number of rotatable bonds is 3. The second-order valence-electron chi connectivity index (χ2n) is 2.61. The van der Waals surface area contributed by atoms with Gasteiger partial charge in [0.15, 0.2) is 10.8 Å². The van der Waals surface area contributed by atoms with E-state index in [1.54, 1.807) is 11.4 Å². The molecule has 1 aromatic rings. The second-order valence-corrected chi connectivity index (χ2v) is 6.56. The Kier molecular flexibility index (Phi) is 3.86. The van der Waals surface area contributed by atoms with Crippen LogP contribution < -0.4 is 0 Å². The molecule has 0 unspecified atom stereocenters. The van der Waals surface area contributed by atoms with E-state index in [1.807, 2.05) is 0 Å². The van der Waals surface area contributed by atoms with Gasteiger partial charge in [-0.05, 0) is 27.4 Å². The average Bonchev–Trinajstić information content (AvgIpc) is 2.62. The highest BCUT2D eigenvalue weighted by Gasteiger charge is 2.31. The standard InChI is InChI=1S/C7H7BrN2O4S2/c8-3-1-2-15-7(3)16(13,14)5(10)4(9)6(11)12/h1-2,9-10,13-14H,(H,11,12). The molecule has 9 heteroatoms. The maximum Gasteiger partial charge on any atom is 0.357 e. The van der Waals surface area contributed by atoms with Crippen LogP contribution in [0.3, 0.4) is 0 Å². The van der Waals surface area contributed by atoms with E-state index < -0.39 is 27.3 Å². The maximum atomic E-state index is 10.5. The first kappa shape index (κ1) is 13.3. The largest absolute Gasteiger partial charge is 0.476 e. The van der Waals surface area contributed by atoms with Crippen LogP contribution >= 0.6 is 37.9 Å². The number of halogens is 1. The van der Waals surface area contributed by atoms with Crippen LogP contribution in [0.25, 0.3) is 0 Å². The molecular weight excluding hydrogens is 320 g/mol. The van der Waals surface area contributed by atoms with Crippen molar-refractivity contribution in [3.63, 3.8) is 0 Å². The number of hydrogen-bond donors (Lipinski definition) is 5. The van der Waals surface area contributed by atoms with E-state index in [2.05, 4.69) is 15.9 Å². The van der Waals surface area contributed by atoms with Crippen molar-refractivity contribution in [3.8, 4) is 0 Å². The molecule has 0 aliphatic heterocycles. The molecule has 0 fully saturated rings. The van der Waals surface area contributed by atoms with Crippen LogP contribution in [0.5, 0.6) is 0 Å². The number of carbonyl (C=O) groups is 1. The summed E-state index contributed by atoms with van der Waals surface area (Å²) in [5, 5.41) is 23.4. The van der Waals surface area contributed by atoms with E-state index in [-0.39, 0.29) is 4.21 Å². The quantitative estimate of drug-likeness (QED) is 0.432. The van der Waals surface area contributed by atoms with Gasteiger partial charge in [-0.2, -0.15) is 0 Å². The van der Waals surface area contributed by atoms with Gasteiger partial charge in [0.05, 0.1) is 4.47 Å². The Labute approximate surface area is 104 Å². The fourth-order valence-corrected chi connectivity index (χ4v) is 4.44. The number of carboxylic acid groups (broad SMARTS) is 1. The molecule has 5 N–H and O–H groups in total. The van der Waals surface area contributed by atoms with Gasteiger partial charge in [-0.15, -0.1) is 21.9 Å². The van der Waals surface area contributed by atoms with Gasteiger partial charge in [-0.25, -0.2) is 4.79 Å². The van der Waals surface area contributed by atoms with Crippen LogP contribution in [0.15, 0.2) is 20.1 Å². The van der Waals surface area contributed by atoms with Gasteiger partial charge >= 0.3 is 5.97 Å². The Morgan fingerprint density at radius 2 is 2.00 bits per heavy atom. The molecule has 88 valence electrons. The number of thiophene rings is 1. The highest BCUT2D eigenvalue weighted by atomic mass is 79.9. The zero-order valence-corrected chi connectivity index (χ0v) is 10.8. The third-order valence-electron chi connectivity index (χ3n) is 1.57. The van der Waals surface area contributed by atoms with Crippen molar-refractivity contribution in [1.82, 2.24) is 0 Å². The van der Waals surface area contributed by atoms with Crippen LogP contribution in [0.1, 0.15) is 0 Å². The monoisotopic (exact) mass is 326 g/mol. The van der Waals surface area contributed by atoms with Gasteiger partial charge in [0.2, 0.25) is 0 Å². The van der Waals surface area contributed by atoms with E-state index in [0.717, 1.165) is 11.3 Å². The molecule has 0 bridgehead atoms. The molecule has 6 nitrogen and oxygen atoms in total. The molecular formula is C7H7BrN2O4S2. The minimum absolute atomic E-state index is 0.0449. The minimum atomic E-state index is -3.72. The van der Waals surface area contributed by atoms with Crippen molar-refractivity contribution in [3.05, 3.63) is 15.9 Å². The van der Waals surface area contributed by atoms with Crippen LogP contribution in [0.4, 0.5) is 0 Å². The van der Waals surface area contributed by atoms with Crippen LogP contribution in [-0.4, -0.2) is 30.9 Å². The maximum absolute atomic E-state index is 10.5. The van der Waals surface area contributed by atoms with E-state index in [4.69, 9.17) is 15.9 Å². The summed E-state index contributed by atoms with van der Waals surface area (Å²) in [5.74, 6) is -1.67. The summed E-state index contributed by atoms with van der Waals surface area (Å²) in [6.45, 7) is 0. The molecule has 1 rings (SSSR count). The lowest BCUT2D eigenvalue weighted by Gasteiger charge is -2.30. The summed E-state index contributed by atoms with van der Waals surface area (Å²) >= 11 is 4.03. The molecule has 0 aliphatic carbocycles. The normalized spacial score (nSPS) is 12.2. The lowest BCUT2D eigenvalue weighted by atomic mass is 10.4. The van der Waals surface area contributed by atoms with Crippen molar-refractivity contribution in [2.45, 2.75) is 4.21 Å². The molecule has 0 saturated carbocycles. The summed E-state index contributed by atoms with van der Waals surface area (Å²) in [4.78, 5) is 10.5. The predicted molar refractivity (Wildman–Crippen MR) is 66.2 cm³/mol. The third-order valence-corrected chi connectivity index (χ3v) is 5.96. The molecule has 1 heterocycles. The molecule has 0 aliphatic rings. The zero-order chi connectivity index (χ0) is 12.5. The van der Waals surface area contributed by atoms with Gasteiger partial charge < -0.3 is 5.11 Å². The van der Waals surface area contributed by atoms with Crippen molar-refractivity contribution in [1.29, 1.82) is 10.8 Å². The first-order valence-corrected chi connectivity index (χ1v) is 6.92. The van der Waals surface area contributed by atoms with E-state index >= 15 is 0 Å². The fraction of sp³-hybridized carbons (Fsp3) is 0. The number of carboxylic acids is 1. The Balaban J connectivity index is 3.13. The molecule has 0 amide bonds. The molecule has 1 aromatic heterocycles. The van der Waals surface area contributed by atoms with Crippen molar-refractivity contribution >= 4 is 54.6 Å². The molecule has 0 spiro atoms. The van der Waals surface area contributed by atoms with Gasteiger partial charge in [0.1, 0.15) is 4.21 Å². The first-order valence-electron chi connectivity index (χ1n) is 3.70. The molecule has 0 atom stereocenters. The molecule has 0 saturated heterocycles. The summed E-state index contributed by atoms with van der Waals surface area (Å²) in [7, 11) is -3.72. The predicted octanol–water partition coefficient (Wildman–Crippen LogP) is 2.70. The number of hydrogen-bond acceptors (Lipinski definition) is 6. The summed E-state index contributed by atoms with van der Waals surface area (Å²) < 4.78 is 19.9.